The average molecular weight is 415 g/mol. The molecule has 5 rings (SSSR count). The lowest BCUT2D eigenvalue weighted by Gasteiger charge is -2.23. The molecule has 1 aliphatic heterocycles. The maximum Gasteiger partial charge on any atom is 0.182 e. The molecule has 1 aliphatic rings. The van der Waals surface area contributed by atoms with Gasteiger partial charge in [0.2, 0.25) is 0 Å². The first kappa shape index (κ1) is 19.6. The number of nitrogens with zero attached hydrogens (tertiary/aromatic N) is 3. The molecule has 2 aromatic carbocycles. The summed E-state index contributed by atoms with van der Waals surface area (Å²) in [5.74, 6) is 2.70. The number of nitrogens with one attached hydrogen (secondary N) is 1. The minimum Gasteiger partial charge on any atom is -0.493 e. The van der Waals surface area contributed by atoms with Crippen LogP contribution in [-0.2, 0) is 0 Å². The Morgan fingerprint density at radius 1 is 0.935 bits per heavy atom. The van der Waals surface area contributed by atoms with E-state index in [2.05, 4.69) is 29.6 Å². The van der Waals surface area contributed by atoms with Crippen LogP contribution in [0.3, 0.4) is 0 Å². The van der Waals surface area contributed by atoms with Gasteiger partial charge in [-0.3, -0.25) is 0 Å². The van der Waals surface area contributed by atoms with Gasteiger partial charge in [0.25, 0.3) is 0 Å². The van der Waals surface area contributed by atoms with Gasteiger partial charge < -0.3 is 14.8 Å². The van der Waals surface area contributed by atoms with E-state index < -0.39 is 0 Å². The number of fused-ring (bicyclic) bond motifs is 1. The third-order valence-electron chi connectivity index (χ3n) is 6.01. The maximum absolute atomic E-state index is 5.66. The van der Waals surface area contributed by atoms with Crippen molar-refractivity contribution in [2.45, 2.75) is 18.8 Å². The molecule has 3 heterocycles. The summed E-state index contributed by atoms with van der Waals surface area (Å²) in [6, 6.07) is 18.6. The van der Waals surface area contributed by atoms with Crippen LogP contribution in [0.5, 0.6) is 11.5 Å². The third kappa shape index (κ3) is 3.64. The predicted octanol–water partition coefficient (Wildman–Crippen LogP) is 4.55. The van der Waals surface area contributed by atoms with Crippen molar-refractivity contribution in [1.82, 2.24) is 19.9 Å². The smallest absolute Gasteiger partial charge is 0.182 e. The van der Waals surface area contributed by atoms with E-state index in [0.29, 0.717) is 17.4 Å². The molecule has 0 amide bonds. The van der Waals surface area contributed by atoms with Crippen molar-refractivity contribution < 1.29 is 9.47 Å². The zero-order valence-electron chi connectivity index (χ0n) is 17.8. The minimum absolute atomic E-state index is 0.592. The monoisotopic (exact) mass is 414 g/mol. The first-order valence-corrected chi connectivity index (χ1v) is 10.7. The SMILES string of the molecule is COc1cccc(-c2cccn3nc(-c4cccc(C5CCNCC5)c4)nc23)c1OC. The van der Waals surface area contributed by atoms with E-state index in [-0.39, 0.29) is 0 Å². The Morgan fingerprint density at radius 3 is 2.55 bits per heavy atom. The molecule has 31 heavy (non-hydrogen) atoms. The highest BCUT2D eigenvalue weighted by Gasteiger charge is 2.19. The molecule has 6 heteroatoms. The second-order valence-corrected chi connectivity index (χ2v) is 7.82. The first-order valence-electron chi connectivity index (χ1n) is 10.7. The molecule has 6 nitrogen and oxygen atoms in total. The Kier molecular flexibility index (Phi) is 5.30. The Labute approximate surface area is 181 Å². The fourth-order valence-electron chi connectivity index (χ4n) is 4.42. The molecule has 1 saturated heterocycles. The van der Waals surface area contributed by atoms with Gasteiger partial charge in [-0.25, -0.2) is 9.50 Å². The highest BCUT2D eigenvalue weighted by atomic mass is 16.5. The Balaban J connectivity index is 1.59. The van der Waals surface area contributed by atoms with Gasteiger partial charge in [-0.1, -0.05) is 30.3 Å². The van der Waals surface area contributed by atoms with Gasteiger partial charge in [-0.15, -0.1) is 5.10 Å². The van der Waals surface area contributed by atoms with Gasteiger partial charge in [0, 0.05) is 22.9 Å². The summed E-state index contributed by atoms with van der Waals surface area (Å²) in [7, 11) is 3.30. The lowest BCUT2D eigenvalue weighted by molar-refractivity contribution is 0.356. The molecular weight excluding hydrogens is 388 g/mol. The highest BCUT2D eigenvalue weighted by molar-refractivity contribution is 5.84. The van der Waals surface area contributed by atoms with Crippen LogP contribution in [0.25, 0.3) is 28.2 Å². The number of hydrogen-bond acceptors (Lipinski definition) is 5. The Hall–Kier alpha value is -3.38. The van der Waals surface area contributed by atoms with Gasteiger partial charge in [0.15, 0.2) is 23.0 Å². The summed E-state index contributed by atoms with van der Waals surface area (Å²) < 4.78 is 13.0. The number of rotatable bonds is 5. The van der Waals surface area contributed by atoms with E-state index >= 15 is 0 Å². The first-order chi connectivity index (χ1) is 15.3. The molecule has 0 unspecified atom stereocenters. The summed E-state index contributed by atoms with van der Waals surface area (Å²) in [4.78, 5) is 4.92. The number of para-hydroxylation sites is 1. The fraction of sp³-hybridized carbons (Fsp3) is 0.280. The van der Waals surface area contributed by atoms with Gasteiger partial charge in [0.05, 0.1) is 14.2 Å². The van der Waals surface area contributed by atoms with Crippen LogP contribution < -0.4 is 14.8 Å². The van der Waals surface area contributed by atoms with Crippen molar-refractivity contribution in [3.8, 4) is 34.0 Å². The molecule has 0 atom stereocenters. The standard InChI is InChI=1S/C25H26N4O2/c1-30-22-10-4-8-20(23(22)31-2)21-9-5-15-29-25(21)27-24(28-29)19-7-3-6-18(16-19)17-11-13-26-14-12-17/h3-10,15-17,26H,11-14H2,1-2H3. The lowest BCUT2D eigenvalue weighted by Crippen LogP contribution is -2.26. The number of piperidine rings is 1. The predicted molar refractivity (Wildman–Crippen MR) is 122 cm³/mol. The number of benzene rings is 2. The average Bonchev–Trinajstić information content (AvgIpc) is 3.29. The van der Waals surface area contributed by atoms with Crippen LogP contribution in [0.2, 0.25) is 0 Å². The molecule has 1 fully saturated rings. The lowest BCUT2D eigenvalue weighted by atomic mass is 9.89. The maximum atomic E-state index is 5.66. The number of pyridine rings is 1. The van der Waals surface area contributed by atoms with E-state index in [4.69, 9.17) is 19.6 Å². The number of hydrogen-bond donors (Lipinski definition) is 1. The van der Waals surface area contributed by atoms with E-state index in [9.17, 15) is 0 Å². The second-order valence-electron chi connectivity index (χ2n) is 7.82. The van der Waals surface area contributed by atoms with Crippen LogP contribution >= 0.6 is 0 Å². The molecule has 2 aromatic heterocycles. The molecule has 0 bridgehead atoms. The van der Waals surface area contributed by atoms with Crippen LogP contribution in [0.1, 0.15) is 24.3 Å². The molecular formula is C25H26N4O2. The van der Waals surface area contributed by atoms with Gasteiger partial charge in [0.1, 0.15) is 0 Å². The zero-order chi connectivity index (χ0) is 21.2. The van der Waals surface area contributed by atoms with E-state index in [1.807, 2.05) is 41.0 Å². The van der Waals surface area contributed by atoms with E-state index in [1.165, 1.54) is 18.4 Å². The fourth-order valence-corrected chi connectivity index (χ4v) is 4.42. The third-order valence-corrected chi connectivity index (χ3v) is 6.01. The minimum atomic E-state index is 0.592. The van der Waals surface area contributed by atoms with Crippen molar-refractivity contribution in [3.05, 3.63) is 66.4 Å². The van der Waals surface area contributed by atoms with Crippen LogP contribution in [0.4, 0.5) is 0 Å². The largest absolute Gasteiger partial charge is 0.493 e. The van der Waals surface area contributed by atoms with Crippen molar-refractivity contribution in [1.29, 1.82) is 0 Å². The van der Waals surface area contributed by atoms with Crippen molar-refractivity contribution >= 4 is 5.65 Å². The van der Waals surface area contributed by atoms with Crippen molar-refractivity contribution in [2.75, 3.05) is 27.3 Å². The summed E-state index contributed by atoms with van der Waals surface area (Å²) in [6.45, 7) is 2.15. The van der Waals surface area contributed by atoms with Crippen LogP contribution in [0.15, 0.2) is 60.8 Å². The number of ether oxygens (including phenoxy) is 2. The van der Waals surface area contributed by atoms with Crippen LogP contribution in [0, 0.1) is 0 Å². The topological polar surface area (TPSA) is 60.7 Å². The van der Waals surface area contributed by atoms with Gasteiger partial charge in [-0.2, -0.15) is 0 Å². The molecule has 4 aromatic rings. The number of methoxy groups -OCH3 is 2. The Morgan fingerprint density at radius 2 is 1.74 bits per heavy atom. The second kappa shape index (κ2) is 8.40. The number of aromatic nitrogens is 3. The molecule has 1 N–H and O–H groups in total. The summed E-state index contributed by atoms with van der Waals surface area (Å²) in [5.41, 5.74) is 5.08. The zero-order valence-corrected chi connectivity index (χ0v) is 17.8. The quantitative estimate of drug-likeness (QED) is 0.519. The van der Waals surface area contributed by atoms with Crippen LogP contribution in [-0.4, -0.2) is 41.9 Å². The molecule has 0 saturated carbocycles. The van der Waals surface area contributed by atoms with E-state index in [1.54, 1.807) is 14.2 Å². The summed E-state index contributed by atoms with van der Waals surface area (Å²) in [5, 5.41) is 8.22. The summed E-state index contributed by atoms with van der Waals surface area (Å²) >= 11 is 0. The van der Waals surface area contributed by atoms with Gasteiger partial charge >= 0.3 is 0 Å². The molecule has 0 radical (unpaired) electrons. The van der Waals surface area contributed by atoms with Crippen molar-refractivity contribution in [3.63, 3.8) is 0 Å². The molecule has 158 valence electrons. The molecule has 0 aliphatic carbocycles. The van der Waals surface area contributed by atoms with Gasteiger partial charge in [-0.05, 0) is 61.7 Å². The van der Waals surface area contributed by atoms with Crippen molar-refractivity contribution in [2.24, 2.45) is 0 Å². The highest BCUT2D eigenvalue weighted by Crippen LogP contribution is 2.39. The summed E-state index contributed by atoms with van der Waals surface area (Å²) in [6.07, 6.45) is 4.27. The normalized spacial score (nSPS) is 14.6. The van der Waals surface area contributed by atoms with E-state index in [0.717, 1.165) is 41.3 Å². The Bertz CT molecular complexity index is 1210. The molecule has 0 spiro atoms.